The van der Waals surface area contributed by atoms with Gasteiger partial charge in [0.2, 0.25) is 0 Å². The van der Waals surface area contributed by atoms with E-state index in [1.165, 1.54) is 49.7 Å². The fraction of sp³-hybridized carbons (Fsp3) is 0.0435. The summed E-state index contributed by atoms with van der Waals surface area (Å²) in [5.41, 5.74) is 2.99. The first-order valence-electron chi connectivity index (χ1n) is 9.52. The number of esters is 1. The van der Waals surface area contributed by atoms with E-state index in [1.54, 1.807) is 18.2 Å². The van der Waals surface area contributed by atoms with Gasteiger partial charge in [0.05, 0.1) is 23.9 Å². The zero-order chi connectivity index (χ0) is 24.7. The van der Waals surface area contributed by atoms with Crippen molar-refractivity contribution in [3.8, 4) is 11.5 Å². The van der Waals surface area contributed by atoms with Crippen molar-refractivity contribution >= 4 is 52.9 Å². The molecular formula is C23H16Cl2FN3O5. The summed E-state index contributed by atoms with van der Waals surface area (Å²) >= 11 is 11.5. The lowest BCUT2D eigenvalue weighted by molar-refractivity contribution is -0.136. The number of hydrogen-bond acceptors (Lipinski definition) is 6. The van der Waals surface area contributed by atoms with E-state index in [9.17, 15) is 18.8 Å². The Kier molecular flexibility index (Phi) is 8.18. The van der Waals surface area contributed by atoms with Crippen LogP contribution in [0, 0.1) is 5.82 Å². The molecule has 0 fully saturated rings. The number of carbonyl (C=O) groups is 3. The Morgan fingerprint density at radius 3 is 2.35 bits per heavy atom. The standard InChI is InChI=1S/C23H16Cl2FN3O5/c1-33-20-10-13(2-9-19(20)34-23(32)14-3-5-15(24)6-4-14)12-27-29-22(31)21(30)28-16-7-8-18(26)17(25)11-16/h2-12H,1H3,(H,28,30)(H,29,31)/b27-12+. The van der Waals surface area contributed by atoms with E-state index in [0.717, 1.165) is 6.07 Å². The van der Waals surface area contributed by atoms with Gasteiger partial charge in [0, 0.05) is 10.7 Å². The number of nitrogens with one attached hydrogen (secondary N) is 2. The molecular weight excluding hydrogens is 488 g/mol. The molecule has 2 N–H and O–H groups in total. The number of hydrazone groups is 1. The SMILES string of the molecule is COc1cc(/C=N/NC(=O)C(=O)Nc2ccc(F)c(Cl)c2)ccc1OC(=O)c1ccc(Cl)cc1. The summed E-state index contributed by atoms with van der Waals surface area (Å²) < 4.78 is 23.8. The van der Waals surface area contributed by atoms with Crippen molar-refractivity contribution in [2.75, 3.05) is 12.4 Å². The van der Waals surface area contributed by atoms with Gasteiger partial charge in [-0.15, -0.1) is 0 Å². The Balaban J connectivity index is 1.60. The Bertz CT molecular complexity index is 1270. The van der Waals surface area contributed by atoms with Gasteiger partial charge in [-0.05, 0) is 66.2 Å². The van der Waals surface area contributed by atoms with Crippen molar-refractivity contribution in [3.63, 3.8) is 0 Å². The molecule has 0 heterocycles. The molecule has 0 saturated heterocycles. The normalized spacial score (nSPS) is 10.6. The van der Waals surface area contributed by atoms with Crippen LogP contribution >= 0.6 is 23.2 Å². The maximum Gasteiger partial charge on any atom is 0.343 e. The van der Waals surface area contributed by atoms with Gasteiger partial charge in [-0.2, -0.15) is 5.10 Å². The topological polar surface area (TPSA) is 106 Å². The number of rotatable bonds is 6. The van der Waals surface area contributed by atoms with E-state index in [1.807, 2.05) is 0 Å². The summed E-state index contributed by atoms with van der Waals surface area (Å²) in [7, 11) is 1.39. The van der Waals surface area contributed by atoms with Crippen LogP contribution < -0.4 is 20.2 Å². The maximum absolute atomic E-state index is 13.2. The van der Waals surface area contributed by atoms with E-state index in [2.05, 4.69) is 15.8 Å². The van der Waals surface area contributed by atoms with Crippen molar-refractivity contribution in [2.45, 2.75) is 0 Å². The molecule has 0 atom stereocenters. The van der Waals surface area contributed by atoms with Crippen LogP contribution in [0.1, 0.15) is 15.9 Å². The summed E-state index contributed by atoms with van der Waals surface area (Å²) in [4.78, 5) is 36.1. The minimum atomic E-state index is -1.06. The molecule has 0 aromatic heterocycles. The second kappa shape index (κ2) is 11.3. The Hall–Kier alpha value is -3.95. The van der Waals surface area contributed by atoms with Gasteiger partial charge in [-0.3, -0.25) is 9.59 Å². The molecule has 34 heavy (non-hydrogen) atoms. The van der Waals surface area contributed by atoms with E-state index in [0.29, 0.717) is 16.1 Å². The number of nitrogens with zero attached hydrogens (tertiary/aromatic N) is 1. The number of halogens is 3. The summed E-state index contributed by atoms with van der Waals surface area (Å²) in [6.45, 7) is 0. The molecule has 0 saturated carbocycles. The van der Waals surface area contributed by atoms with Crippen LogP contribution in [0.4, 0.5) is 10.1 Å². The van der Waals surface area contributed by atoms with Gasteiger partial charge in [-0.1, -0.05) is 23.2 Å². The Labute approximate surface area is 203 Å². The third-order valence-electron chi connectivity index (χ3n) is 4.23. The molecule has 2 amide bonds. The first-order chi connectivity index (χ1) is 16.3. The molecule has 0 radical (unpaired) electrons. The molecule has 0 spiro atoms. The average Bonchev–Trinajstić information content (AvgIpc) is 2.82. The first-order valence-corrected chi connectivity index (χ1v) is 10.3. The molecule has 0 bridgehead atoms. The average molecular weight is 504 g/mol. The highest BCUT2D eigenvalue weighted by Crippen LogP contribution is 2.28. The molecule has 174 valence electrons. The van der Waals surface area contributed by atoms with Crippen LogP contribution in [0.2, 0.25) is 10.0 Å². The quantitative estimate of drug-likeness (QED) is 0.170. The zero-order valence-electron chi connectivity index (χ0n) is 17.5. The molecule has 0 unspecified atom stereocenters. The molecule has 0 aliphatic carbocycles. The van der Waals surface area contributed by atoms with Crippen LogP contribution in [0.25, 0.3) is 0 Å². The first kappa shape index (κ1) is 24.7. The van der Waals surface area contributed by atoms with Crippen LogP contribution in [0.5, 0.6) is 11.5 Å². The predicted octanol–water partition coefficient (Wildman–Crippen LogP) is 4.45. The van der Waals surface area contributed by atoms with Gasteiger partial charge >= 0.3 is 17.8 Å². The number of methoxy groups -OCH3 is 1. The summed E-state index contributed by atoms with van der Waals surface area (Å²) in [5.74, 6) is -2.93. The van der Waals surface area contributed by atoms with Gasteiger partial charge in [0.1, 0.15) is 5.82 Å². The number of ether oxygens (including phenoxy) is 2. The van der Waals surface area contributed by atoms with Crippen LogP contribution in [0.3, 0.4) is 0 Å². The number of benzene rings is 3. The van der Waals surface area contributed by atoms with E-state index in [-0.39, 0.29) is 22.2 Å². The third kappa shape index (κ3) is 6.53. The molecule has 0 aliphatic rings. The number of carbonyl (C=O) groups excluding carboxylic acids is 3. The number of hydrogen-bond donors (Lipinski definition) is 2. The molecule has 11 heteroatoms. The van der Waals surface area contributed by atoms with Gasteiger partial charge in [0.25, 0.3) is 0 Å². The van der Waals surface area contributed by atoms with Crippen molar-refractivity contribution in [1.29, 1.82) is 0 Å². The van der Waals surface area contributed by atoms with Gasteiger partial charge in [-0.25, -0.2) is 14.6 Å². The third-order valence-corrected chi connectivity index (χ3v) is 4.78. The fourth-order valence-corrected chi connectivity index (χ4v) is 2.88. The van der Waals surface area contributed by atoms with E-state index < -0.39 is 23.6 Å². The van der Waals surface area contributed by atoms with Crippen LogP contribution in [0.15, 0.2) is 65.8 Å². The maximum atomic E-state index is 13.2. The summed E-state index contributed by atoms with van der Waals surface area (Å²) in [6.07, 6.45) is 1.26. The van der Waals surface area contributed by atoms with E-state index in [4.69, 9.17) is 32.7 Å². The Morgan fingerprint density at radius 2 is 1.68 bits per heavy atom. The molecule has 8 nitrogen and oxygen atoms in total. The number of anilines is 1. The second-order valence-corrected chi connectivity index (χ2v) is 7.43. The monoisotopic (exact) mass is 503 g/mol. The van der Waals surface area contributed by atoms with Crippen molar-refractivity contribution in [3.05, 3.63) is 87.7 Å². The minimum absolute atomic E-state index is 0.143. The fourth-order valence-electron chi connectivity index (χ4n) is 2.57. The van der Waals surface area contributed by atoms with Crippen LogP contribution in [-0.2, 0) is 9.59 Å². The largest absolute Gasteiger partial charge is 0.493 e. The van der Waals surface area contributed by atoms with Crippen molar-refractivity contribution < 1.29 is 28.2 Å². The summed E-state index contributed by atoms with van der Waals surface area (Å²) in [5, 5.41) is 6.26. The molecule has 3 aromatic carbocycles. The van der Waals surface area contributed by atoms with E-state index >= 15 is 0 Å². The molecule has 0 aliphatic heterocycles. The second-order valence-electron chi connectivity index (χ2n) is 6.59. The van der Waals surface area contributed by atoms with Gasteiger partial charge in [0.15, 0.2) is 11.5 Å². The molecule has 3 aromatic rings. The summed E-state index contributed by atoms with van der Waals surface area (Å²) in [6, 6.07) is 14.2. The van der Waals surface area contributed by atoms with Crippen LogP contribution in [-0.4, -0.2) is 31.1 Å². The van der Waals surface area contributed by atoms with Gasteiger partial charge < -0.3 is 14.8 Å². The van der Waals surface area contributed by atoms with Crippen molar-refractivity contribution in [2.24, 2.45) is 5.10 Å². The highest BCUT2D eigenvalue weighted by molar-refractivity contribution is 6.39. The lowest BCUT2D eigenvalue weighted by atomic mass is 10.2. The predicted molar refractivity (Wildman–Crippen MR) is 125 cm³/mol. The minimum Gasteiger partial charge on any atom is -0.493 e. The Morgan fingerprint density at radius 1 is 0.941 bits per heavy atom. The van der Waals surface area contributed by atoms with Crippen molar-refractivity contribution in [1.82, 2.24) is 5.43 Å². The number of amides is 2. The highest BCUT2D eigenvalue weighted by atomic mass is 35.5. The molecule has 3 rings (SSSR count). The highest BCUT2D eigenvalue weighted by Gasteiger charge is 2.15. The lowest BCUT2D eigenvalue weighted by Gasteiger charge is -2.10. The smallest absolute Gasteiger partial charge is 0.343 e. The lowest BCUT2D eigenvalue weighted by Crippen LogP contribution is -2.32. The zero-order valence-corrected chi connectivity index (χ0v) is 19.0.